The number of nitrogens with zero attached hydrogens (tertiary/aromatic N) is 3. The van der Waals surface area contributed by atoms with E-state index in [-0.39, 0.29) is 22.5 Å². The Balaban J connectivity index is 1.67. The summed E-state index contributed by atoms with van der Waals surface area (Å²) in [6.45, 7) is 3.04. The molecule has 1 fully saturated rings. The van der Waals surface area contributed by atoms with Crippen LogP contribution in [0.25, 0.3) is 10.9 Å². The zero-order valence-corrected chi connectivity index (χ0v) is 18.0. The van der Waals surface area contributed by atoms with E-state index in [0.717, 1.165) is 18.4 Å². The Hall–Kier alpha value is -2.97. The van der Waals surface area contributed by atoms with E-state index in [1.54, 1.807) is 19.2 Å². The number of fused-ring (bicyclic) bond motifs is 1. The minimum atomic E-state index is -0.551. The summed E-state index contributed by atoms with van der Waals surface area (Å²) in [6, 6.07) is 8.44. The second-order valence-electron chi connectivity index (χ2n) is 7.39. The highest BCUT2D eigenvalue weighted by Gasteiger charge is 2.30. The summed E-state index contributed by atoms with van der Waals surface area (Å²) in [5, 5.41) is 5.57. The molecule has 0 saturated heterocycles. The molecule has 0 aliphatic heterocycles. The Morgan fingerprint density at radius 2 is 2.13 bits per heavy atom. The molecule has 1 heterocycles. The standard InChI is InChI=1S/C22H23ClFN5O2/c1-3-29(28-22(30)13-7-8-13)11-14-9-15-18(10-19(14)31-2)25-12-26-21(15)27-17-6-4-5-16(23)20(17)24/h4-6,9-10,12-13H,3,7-8,11H2,1-2H3,(H,28,30)(H,25,26,27). The van der Waals surface area contributed by atoms with Crippen molar-refractivity contribution in [2.45, 2.75) is 26.3 Å². The minimum Gasteiger partial charge on any atom is -0.496 e. The van der Waals surface area contributed by atoms with Crippen molar-refractivity contribution in [2.75, 3.05) is 19.0 Å². The quantitative estimate of drug-likeness (QED) is 0.501. The number of hydrogen-bond acceptors (Lipinski definition) is 6. The van der Waals surface area contributed by atoms with E-state index in [4.69, 9.17) is 16.3 Å². The number of methoxy groups -OCH3 is 1. The first-order chi connectivity index (χ1) is 15.0. The number of carbonyl (C=O) groups excluding carboxylic acids is 1. The number of hydrogen-bond donors (Lipinski definition) is 2. The van der Waals surface area contributed by atoms with Gasteiger partial charge in [0.25, 0.3) is 0 Å². The van der Waals surface area contributed by atoms with Crippen molar-refractivity contribution >= 4 is 39.9 Å². The fourth-order valence-corrected chi connectivity index (χ4v) is 3.47. The van der Waals surface area contributed by atoms with Gasteiger partial charge in [0.15, 0.2) is 5.82 Å². The molecule has 1 aromatic heterocycles. The van der Waals surface area contributed by atoms with Crippen LogP contribution in [0, 0.1) is 11.7 Å². The molecule has 4 rings (SSSR count). The molecule has 3 aromatic rings. The average molecular weight is 444 g/mol. The molecule has 1 aliphatic rings. The van der Waals surface area contributed by atoms with Crippen molar-refractivity contribution in [1.29, 1.82) is 0 Å². The highest BCUT2D eigenvalue weighted by atomic mass is 35.5. The number of carbonyl (C=O) groups is 1. The number of rotatable bonds is 8. The SMILES string of the molecule is CCN(Cc1cc2c(Nc3cccc(Cl)c3F)ncnc2cc1OC)NC(=O)C1CC1. The van der Waals surface area contributed by atoms with Crippen LogP contribution in [-0.4, -0.2) is 34.5 Å². The van der Waals surface area contributed by atoms with Crippen molar-refractivity contribution in [3.8, 4) is 5.75 Å². The third-order valence-corrected chi connectivity index (χ3v) is 5.49. The van der Waals surface area contributed by atoms with E-state index in [0.29, 0.717) is 35.6 Å². The van der Waals surface area contributed by atoms with Crippen molar-refractivity contribution in [3.05, 3.63) is 53.1 Å². The van der Waals surface area contributed by atoms with Crippen LogP contribution in [-0.2, 0) is 11.3 Å². The lowest BCUT2D eigenvalue weighted by molar-refractivity contribution is -0.127. The summed E-state index contributed by atoms with van der Waals surface area (Å²) in [4.78, 5) is 20.8. The van der Waals surface area contributed by atoms with Gasteiger partial charge in [-0.2, -0.15) is 0 Å². The summed E-state index contributed by atoms with van der Waals surface area (Å²) >= 11 is 5.90. The molecule has 9 heteroatoms. The molecule has 7 nitrogen and oxygen atoms in total. The lowest BCUT2D eigenvalue weighted by atomic mass is 10.1. The summed E-state index contributed by atoms with van der Waals surface area (Å²) in [5.74, 6) is 0.697. The van der Waals surface area contributed by atoms with Crippen LogP contribution in [0.4, 0.5) is 15.9 Å². The van der Waals surface area contributed by atoms with Crippen molar-refractivity contribution in [3.63, 3.8) is 0 Å². The van der Waals surface area contributed by atoms with E-state index < -0.39 is 5.82 Å². The summed E-state index contributed by atoms with van der Waals surface area (Å²) in [5.41, 5.74) is 4.68. The molecule has 1 aliphatic carbocycles. The maximum absolute atomic E-state index is 14.4. The predicted molar refractivity (Wildman–Crippen MR) is 118 cm³/mol. The predicted octanol–water partition coefficient (Wildman–Crippen LogP) is 4.44. The maximum Gasteiger partial charge on any atom is 0.237 e. The number of hydrazine groups is 1. The molecule has 162 valence electrons. The molecule has 2 N–H and O–H groups in total. The van der Waals surface area contributed by atoms with E-state index in [2.05, 4.69) is 20.7 Å². The number of nitrogens with one attached hydrogen (secondary N) is 2. The average Bonchev–Trinajstić information content (AvgIpc) is 3.62. The number of halogens is 2. The molecule has 0 atom stereocenters. The number of ether oxygens (including phenoxy) is 1. The Labute approximate surface area is 184 Å². The number of aromatic nitrogens is 2. The van der Waals surface area contributed by atoms with E-state index in [1.165, 1.54) is 12.4 Å². The van der Waals surface area contributed by atoms with Gasteiger partial charge in [-0.05, 0) is 31.0 Å². The zero-order valence-electron chi connectivity index (χ0n) is 17.3. The molecule has 1 saturated carbocycles. The number of amides is 1. The summed E-state index contributed by atoms with van der Waals surface area (Å²) in [7, 11) is 1.59. The molecule has 2 aromatic carbocycles. The van der Waals surface area contributed by atoms with Gasteiger partial charge in [-0.15, -0.1) is 0 Å². The normalized spacial score (nSPS) is 13.5. The third-order valence-electron chi connectivity index (χ3n) is 5.20. The van der Waals surface area contributed by atoms with Gasteiger partial charge in [-0.3, -0.25) is 10.2 Å². The van der Waals surface area contributed by atoms with Crippen molar-refractivity contribution in [2.24, 2.45) is 5.92 Å². The van der Waals surface area contributed by atoms with Gasteiger partial charge in [0.05, 0.1) is 23.3 Å². The molecule has 1 amide bonds. The van der Waals surface area contributed by atoms with Gasteiger partial charge in [0.2, 0.25) is 5.91 Å². The number of benzene rings is 2. The third kappa shape index (κ3) is 4.70. The second kappa shape index (κ2) is 9.03. The molecule has 0 unspecified atom stereocenters. The Bertz CT molecular complexity index is 1120. The summed E-state index contributed by atoms with van der Waals surface area (Å²) < 4.78 is 19.9. The van der Waals surface area contributed by atoms with E-state index in [1.807, 2.05) is 24.1 Å². The largest absolute Gasteiger partial charge is 0.496 e. The van der Waals surface area contributed by atoms with Gasteiger partial charge in [0.1, 0.15) is 17.9 Å². The molecule has 0 radical (unpaired) electrons. The minimum absolute atomic E-state index is 0.0238. The highest BCUT2D eigenvalue weighted by molar-refractivity contribution is 6.31. The van der Waals surface area contributed by atoms with Gasteiger partial charge in [-0.1, -0.05) is 24.6 Å². The van der Waals surface area contributed by atoms with Crippen LogP contribution in [0.2, 0.25) is 5.02 Å². The molecular formula is C22H23ClFN5O2. The lowest BCUT2D eigenvalue weighted by Crippen LogP contribution is -2.42. The van der Waals surface area contributed by atoms with Crippen LogP contribution in [0.5, 0.6) is 5.75 Å². The monoisotopic (exact) mass is 443 g/mol. The van der Waals surface area contributed by atoms with Crippen LogP contribution in [0.15, 0.2) is 36.7 Å². The van der Waals surface area contributed by atoms with E-state index >= 15 is 0 Å². The first-order valence-corrected chi connectivity index (χ1v) is 10.5. The highest BCUT2D eigenvalue weighted by Crippen LogP contribution is 2.32. The zero-order chi connectivity index (χ0) is 22.0. The maximum atomic E-state index is 14.4. The van der Waals surface area contributed by atoms with Crippen LogP contribution >= 0.6 is 11.6 Å². The first kappa shape index (κ1) is 21.3. The van der Waals surface area contributed by atoms with Gasteiger partial charge in [-0.25, -0.2) is 19.4 Å². The topological polar surface area (TPSA) is 79.4 Å². The molecule has 0 bridgehead atoms. The smallest absolute Gasteiger partial charge is 0.237 e. The molecular weight excluding hydrogens is 421 g/mol. The second-order valence-corrected chi connectivity index (χ2v) is 7.80. The molecule has 0 spiro atoms. The Morgan fingerprint density at radius 3 is 2.84 bits per heavy atom. The Kier molecular flexibility index (Phi) is 6.20. The van der Waals surface area contributed by atoms with Gasteiger partial charge < -0.3 is 10.1 Å². The van der Waals surface area contributed by atoms with Crippen LogP contribution in [0.3, 0.4) is 0 Å². The van der Waals surface area contributed by atoms with Crippen LogP contribution < -0.4 is 15.5 Å². The van der Waals surface area contributed by atoms with Crippen molar-refractivity contribution < 1.29 is 13.9 Å². The fraction of sp³-hybridized carbons (Fsp3) is 0.318. The number of anilines is 2. The first-order valence-electron chi connectivity index (χ1n) is 10.1. The van der Waals surface area contributed by atoms with Crippen LogP contribution in [0.1, 0.15) is 25.3 Å². The molecule has 31 heavy (non-hydrogen) atoms. The van der Waals surface area contributed by atoms with E-state index in [9.17, 15) is 9.18 Å². The van der Waals surface area contributed by atoms with Gasteiger partial charge >= 0.3 is 0 Å². The lowest BCUT2D eigenvalue weighted by Gasteiger charge is -2.23. The Morgan fingerprint density at radius 1 is 1.32 bits per heavy atom. The summed E-state index contributed by atoms with van der Waals surface area (Å²) in [6.07, 6.45) is 3.28. The van der Waals surface area contributed by atoms with Crippen molar-refractivity contribution in [1.82, 2.24) is 20.4 Å². The fourth-order valence-electron chi connectivity index (χ4n) is 3.30. The van der Waals surface area contributed by atoms with Gasteiger partial charge in [0, 0.05) is 36.0 Å².